The van der Waals surface area contributed by atoms with E-state index in [0.717, 1.165) is 44.2 Å². The van der Waals surface area contributed by atoms with Crippen molar-refractivity contribution in [2.45, 2.75) is 6.54 Å². The first-order valence-corrected chi connectivity index (χ1v) is 10.9. The van der Waals surface area contributed by atoms with Gasteiger partial charge in [0.2, 0.25) is 12.7 Å². The van der Waals surface area contributed by atoms with Crippen molar-refractivity contribution in [1.29, 1.82) is 0 Å². The summed E-state index contributed by atoms with van der Waals surface area (Å²) in [7, 11) is 1.34. The average molecular weight is 463 g/mol. The molecule has 2 aromatic carbocycles. The maximum atomic E-state index is 11.6. The lowest BCUT2D eigenvalue weighted by Gasteiger charge is -2.35. The van der Waals surface area contributed by atoms with Gasteiger partial charge in [0, 0.05) is 32.7 Å². The second-order valence-electron chi connectivity index (χ2n) is 7.98. The lowest BCUT2D eigenvalue weighted by atomic mass is 10.1. The topological polar surface area (TPSA) is 112 Å². The number of benzene rings is 2. The third kappa shape index (κ3) is 4.53. The number of piperazine rings is 1. The Morgan fingerprint density at radius 2 is 1.79 bits per heavy atom. The van der Waals surface area contributed by atoms with Crippen molar-refractivity contribution in [3.63, 3.8) is 0 Å². The number of carbonyl (C=O) groups excluding carboxylic acids is 1. The van der Waals surface area contributed by atoms with E-state index in [1.165, 1.54) is 19.0 Å². The van der Waals surface area contributed by atoms with Crippen LogP contribution >= 0.6 is 0 Å². The Balaban J connectivity index is 1.21. The Bertz CT molecular complexity index is 1180. The van der Waals surface area contributed by atoms with Crippen LogP contribution in [0.15, 0.2) is 48.8 Å². The number of hydrogen-bond acceptors (Lipinski definition) is 10. The minimum Gasteiger partial charge on any atom is -0.465 e. The van der Waals surface area contributed by atoms with E-state index in [-0.39, 0.29) is 12.7 Å². The second kappa shape index (κ2) is 9.44. The Morgan fingerprint density at radius 1 is 1.03 bits per heavy atom. The molecule has 0 unspecified atom stereocenters. The highest BCUT2D eigenvalue weighted by Crippen LogP contribution is 2.34. The van der Waals surface area contributed by atoms with Gasteiger partial charge in [0.25, 0.3) is 0 Å². The second-order valence-corrected chi connectivity index (χ2v) is 7.98. The highest BCUT2D eigenvalue weighted by atomic mass is 16.7. The molecule has 2 N–H and O–H groups in total. The molecule has 0 saturated carbocycles. The van der Waals surface area contributed by atoms with Crippen molar-refractivity contribution in [2.75, 3.05) is 50.7 Å². The molecule has 0 amide bonds. The fourth-order valence-corrected chi connectivity index (χ4v) is 4.01. The largest absolute Gasteiger partial charge is 0.465 e. The monoisotopic (exact) mass is 463 g/mol. The summed E-state index contributed by atoms with van der Waals surface area (Å²) in [5, 5.41) is 0. The fourth-order valence-electron chi connectivity index (χ4n) is 4.01. The van der Waals surface area contributed by atoms with Crippen LogP contribution in [0.4, 0.5) is 11.5 Å². The molecule has 3 heterocycles. The van der Waals surface area contributed by atoms with Crippen LogP contribution in [0, 0.1) is 0 Å². The molecule has 2 aliphatic rings. The van der Waals surface area contributed by atoms with Gasteiger partial charge in [-0.2, -0.15) is 4.98 Å². The number of rotatable bonds is 6. The van der Waals surface area contributed by atoms with E-state index < -0.39 is 5.97 Å². The van der Waals surface area contributed by atoms with E-state index in [4.69, 9.17) is 24.7 Å². The maximum absolute atomic E-state index is 11.6. The molecule has 2 aliphatic heterocycles. The van der Waals surface area contributed by atoms with Gasteiger partial charge in [-0.05, 0) is 42.0 Å². The smallest absolute Gasteiger partial charge is 0.337 e. The first-order chi connectivity index (χ1) is 16.6. The van der Waals surface area contributed by atoms with Crippen LogP contribution in [0.2, 0.25) is 0 Å². The molecule has 10 nitrogen and oxygen atoms in total. The lowest BCUT2D eigenvalue weighted by Crippen LogP contribution is -2.46. The summed E-state index contributed by atoms with van der Waals surface area (Å²) in [5.41, 5.74) is 8.37. The molecule has 176 valence electrons. The lowest BCUT2D eigenvalue weighted by molar-refractivity contribution is 0.0600. The van der Waals surface area contributed by atoms with Gasteiger partial charge < -0.3 is 29.6 Å². The Labute approximate surface area is 196 Å². The molecule has 3 aromatic rings. The number of nitrogens with two attached hydrogens (primary N) is 1. The zero-order chi connectivity index (χ0) is 23.5. The van der Waals surface area contributed by atoms with Crippen molar-refractivity contribution in [3.8, 4) is 23.1 Å². The van der Waals surface area contributed by atoms with Crippen LogP contribution in [-0.4, -0.2) is 60.9 Å². The number of nitrogens with zero attached hydrogens (tertiary/aromatic N) is 4. The van der Waals surface area contributed by atoms with Gasteiger partial charge in [-0.1, -0.05) is 6.07 Å². The number of carbonyl (C=O) groups is 1. The van der Waals surface area contributed by atoms with E-state index in [9.17, 15) is 4.79 Å². The van der Waals surface area contributed by atoms with E-state index >= 15 is 0 Å². The Morgan fingerprint density at radius 3 is 2.56 bits per heavy atom. The molecular formula is C24H25N5O5. The van der Waals surface area contributed by atoms with Crippen LogP contribution in [-0.2, 0) is 11.3 Å². The summed E-state index contributed by atoms with van der Waals surface area (Å²) < 4.78 is 21.4. The molecule has 5 rings (SSSR count). The first kappa shape index (κ1) is 21.8. The molecule has 0 bridgehead atoms. The third-order valence-corrected chi connectivity index (χ3v) is 5.83. The summed E-state index contributed by atoms with van der Waals surface area (Å²) in [6, 6.07) is 12.7. The third-order valence-electron chi connectivity index (χ3n) is 5.83. The minimum absolute atomic E-state index is 0.276. The predicted molar refractivity (Wildman–Crippen MR) is 124 cm³/mol. The van der Waals surface area contributed by atoms with Crippen LogP contribution in [0.1, 0.15) is 15.9 Å². The van der Waals surface area contributed by atoms with Crippen molar-refractivity contribution in [2.24, 2.45) is 0 Å². The van der Waals surface area contributed by atoms with E-state index in [1.807, 2.05) is 12.1 Å². The van der Waals surface area contributed by atoms with Gasteiger partial charge in [-0.25, -0.2) is 9.78 Å². The molecule has 10 heteroatoms. The number of methoxy groups -OCH3 is 1. The number of esters is 1. The molecule has 1 aromatic heterocycles. The SMILES string of the molecule is COC(=O)c1ccc(Oc2ncnc(N3CCN(Cc4ccc5c(c4)OCO5)CC3)c2N)cc1. The standard InChI is InChI=1S/C24H25N5O5/c1-31-24(30)17-3-5-18(6-4-17)34-23-21(25)22(26-14-27-23)29-10-8-28(9-11-29)13-16-2-7-19-20(12-16)33-15-32-19/h2-7,12,14H,8-11,13,15,25H2,1H3. The van der Waals surface area contributed by atoms with Crippen molar-refractivity contribution in [1.82, 2.24) is 14.9 Å². The van der Waals surface area contributed by atoms with E-state index in [1.54, 1.807) is 24.3 Å². The first-order valence-electron chi connectivity index (χ1n) is 10.9. The summed E-state index contributed by atoms with van der Waals surface area (Å²) in [5.74, 6) is 2.63. The van der Waals surface area contributed by atoms with Crippen molar-refractivity contribution < 1.29 is 23.7 Å². The quantitative estimate of drug-likeness (QED) is 0.548. The highest BCUT2D eigenvalue weighted by Gasteiger charge is 2.23. The van der Waals surface area contributed by atoms with Crippen LogP contribution in [0.25, 0.3) is 0 Å². The zero-order valence-corrected chi connectivity index (χ0v) is 18.8. The summed E-state index contributed by atoms with van der Waals surface area (Å²) >= 11 is 0. The average Bonchev–Trinajstić information content (AvgIpc) is 3.34. The van der Waals surface area contributed by atoms with Crippen LogP contribution in [0.3, 0.4) is 0 Å². The van der Waals surface area contributed by atoms with Gasteiger partial charge in [0.15, 0.2) is 17.3 Å². The maximum Gasteiger partial charge on any atom is 0.337 e. The minimum atomic E-state index is -0.409. The number of aromatic nitrogens is 2. The Kier molecular flexibility index (Phi) is 6.05. The summed E-state index contributed by atoms with van der Waals surface area (Å²) in [6.07, 6.45) is 1.45. The van der Waals surface area contributed by atoms with Gasteiger partial charge in [-0.15, -0.1) is 0 Å². The molecule has 0 aliphatic carbocycles. The number of ether oxygens (including phenoxy) is 4. The van der Waals surface area contributed by atoms with E-state index in [2.05, 4.69) is 25.8 Å². The highest BCUT2D eigenvalue weighted by molar-refractivity contribution is 5.89. The molecule has 0 atom stereocenters. The van der Waals surface area contributed by atoms with Gasteiger partial charge in [-0.3, -0.25) is 4.90 Å². The molecule has 1 fully saturated rings. The molecule has 0 spiro atoms. The predicted octanol–water partition coefficient (Wildman–Crippen LogP) is 2.69. The number of nitrogen functional groups attached to an aromatic ring is 1. The number of fused-ring (bicyclic) bond motifs is 1. The normalized spacial score (nSPS) is 15.3. The van der Waals surface area contributed by atoms with Gasteiger partial charge in [0.1, 0.15) is 17.8 Å². The Hall–Kier alpha value is -4.05. The molecular weight excluding hydrogens is 438 g/mol. The van der Waals surface area contributed by atoms with Crippen LogP contribution in [0.5, 0.6) is 23.1 Å². The van der Waals surface area contributed by atoms with E-state index in [0.29, 0.717) is 22.8 Å². The van der Waals surface area contributed by atoms with Crippen molar-refractivity contribution >= 4 is 17.5 Å². The molecule has 1 saturated heterocycles. The zero-order valence-electron chi connectivity index (χ0n) is 18.8. The van der Waals surface area contributed by atoms with Crippen LogP contribution < -0.4 is 24.8 Å². The van der Waals surface area contributed by atoms with Gasteiger partial charge >= 0.3 is 5.97 Å². The fraction of sp³-hybridized carbons (Fsp3) is 0.292. The van der Waals surface area contributed by atoms with Crippen molar-refractivity contribution in [3.05, 3.63) is 59.9 Å². The summed E-state index contributed by atoms with van der Waals surface area (Å²) in [6.45, 7) is 4.40. The molecule has 34 heavy (non-hydrogen) atoms. The number of anilines is 2. The summed E-state index contributed by atoms with van der Waals surface area (Å²) in [4.78, 5) is 24.7. The van der Waals surface area contributed by atoms with Gasteiger partial charge in [0.05, 0.1) is 12.7 Å². The number of hydrogen-bond donors (Lipinski definition) is 1. The molecule has 0 radical (unpaired) electrons.